The summed E-state index contributed by atoms with van der Waals surface area (Å²) in [6.45, 7) is 2.95. The first-order chi connectivity index (χ1) is 21.8. The summed E-state index contributed by atoms with van der Waals surface area (Å²) in [4.78, 5) is 29.4. The fourth-order valence-corrected chi connectivity index (χ4v) is 5.80. The lowest BCUT2D eigenvalue weighted by Crippen LogP contribution is -2.37. The Morgan fingerprint density at radius 2 is 1.70 bits per heavy atom. The fraction of sp³-hybridized carbons (Fsp3) is 0.375. The third kappa shape index (κ3) is 6.95. The molecular weight excluding hydrogens is 618 g/mol. The number of carboxylic acid groups (broad SMARTS) is 1. The summed E-state index contributed by atoms with van der Waals surface area (Å²) in [5.41, 5.74) is -2.04. The maximum Gasteiger partial charge on any atom is 0.434 e. The maximum absolute atomic E-state index is 14.1. The van der Waals surface area contributed by atoms with Gasteiger partial charge < -0.3 is 14.7 Å². The van der Waals surface area contributed by atoms with Crippen LogP contribution >= 0.6 is 0 Å². The van der Waals surface area contributed by atoms with Gasteiger partial charge in [0.15, 0.2) is 11.5 Å². The molecule has 244 valence electrons. The summed E-state index contributed by atoms with van der Waals surface area (Å²) < 4.78 is 90.0. The average molecular weight is 649 g/mol. The lowest BCUT2D eigenvalue weighted by molar-refractivity contribution is -0.143. The van der Waals surface area contributed by atoms with Crippen LogP contribution in [0.3, 0.4) is 0 Å². The van der Waals surface area contributed by atoms with Crippen LogP contribution in [0.1, 0.15) is 77.3 Å². The van der Waals surface area contributed by atoms with Crippen LogP contribution in [-0.2, 0) is 22.3 Å². The number of carbonyl (C=O) groups is 2. The van der Waals surface area contributed by atoms with Crippen LogP contribution in [0.5, 0.6) is 0 Å². The minimum Gasteiger partial charge on any atom is -0.492 e. The Morgan fingerprint density at radius 1 is 1.00 bits per heavy atom. The Labute approximate surface area is 260 Å². The summed E-state index contributed by atoms with van der Waals surface area (Å²) in [5, 5.41) is 12.8. The molecule has 1 unspecified atom stereocenters. The van der Waals surface area contributed by atoms with E-state index in [-0.39, 0.29) is 30.5 Å². The summed E-state index contributed by atoms with van der Waals surface area (Å²) in [6, 6.07) is 11.2. The lowest BCUT2D eigenvalue weighted by atomic mass is 9.89. The molecule has 1 amide bonds. The molecule has 14 heteroatoms. The van der Waals surface area contributed by atoms with E-state index in [0.717, 1.165) is 30.5 Å². The molecule has 1 N–H and O–H groups in total. The van der Waals surface area contributed by atoms with Crippen molar-refractivity contribution in [2.24, 2.45) is 0 Å². The van der Waals surface area contributed by atoms with Gasteiger partial charge in [-0.15, -0.1) is 0 Å². The molecule has 46 heavy (non-hydrogen) atoms. The monoisotopic (exact) mass is 648 g/mol. The molecule has 1 aromatic carbocycles. The number of alkyl halides is 6. The van der Waals surface area contributed by atoms with Crippen molar-refractivity contribution >= 4 is 11.9 Å². The smallest absolute Gasteiger partial charge is 0.434 e. The van der Waals surface area contributed by atoms with Crippen molar-refractivity contribution in [3.05, 3.63) is 100 Å². The van der Waals surface area contributed by atoms with Gasteiger partial charge in [0, 0.05) is 19.5 Å². The molecule has 0 saturated carbocycles. The van der Waals surface area contributed by atoms with Crippen molar-refractivity contribution in [3.8, 4) is 5.82 Å². The first-order valence-corrected chi connectivity index (χ1v) is 14.6. The van der Waals surface area contributed by atoms with E-state index in [4.69, 9.17) is 4.74 Å². The molecule has 0 bridgehead atoms. The predicted octanol–water partition coefficient (Wildman–Crippen LogP) is 7.18. The molecule has 0 radical (unpaired) electrons. The minimum absolute atomic E-state index is 0.0117. The summed E-state index contributed by atoms with van der Waals surface area (Å²) in [5.74, 6) is -3.42. The Bertz CT molecular complexity index is 1650. The first-order valence-electron chi connectivity index (χ1n) is 14.6. The van der Waals surface area contributed by atoms with E-state index in [0.29, 0.717) is 36.0 Å². The highest BCUT2D eigenvalue weighted by Crippen LogP contribution is 2.42. The zero-order valence-corrected chi connectivity index (χ0v) is 24.6. The highest BCUT2D eigenvalue weighted by atomic mass is 19.4. The standard InChI is InChI=1S/C32H30F6N4O4/c1-2-27(43)41-15-13-21(14-16-41)20-11-9-19(10-12-20)18-46-28-22(5-3-6-24(28)31(33,34)35)25-7-4-8-26(40-25)42-29(32(36,37)38)23(17-39-42)30(44)45/h3-4,6-12,17,21-22H,2,5,13-16,18H2,1H3,(H,44,45). The van der Waals surface area contributed by atoms with Crippen LogP contribution in [0.2, 0.25) is 0 Å². The molecule has 0 spiro atoms. The quantitative estimate of drug-likeness (QED) is 0.260. The number of nitrogens with zero attached hydrogens (tertiary/aromatic N) is 4. The van der Waals surface area contributed by atoms with Crippen molar-refractivity contribution in [1.29, 1.82) is 0 Å². The average Bonchev–Trinajstić information content (AvgIpc) is 3.50. The predicted molar refractivity (Wildman–Crippen MR) is 153 cm³/mol. The van der Waals surface area contributed by atoms with Crippen molar-refractivity contribution in [2.45, 2.75) is 63.4 Å². The zero-order chi connectivity index (χ0) is 33.2. The van der Waals surface area contributed by atoms with Crippen LogP contribution in [0.15, 0.2) is 72.1 Å². The van der Waals surface area contributed by atoms with E-state index in [1.54, 1.807) is 12.1 Å². The molecule has 2 aliphatic rings. The number of piperidine rings is 1. The maximum atomic E-state index is 14.1. The van der Waals surface area contributed by atoms with E-state index in [1.807, 2.05) is 24.0 Å². The van der Waals surface area contributed by atoms with Gasteiger partial charge >= 0.3 is 18.3 Å². The number of aromatic carboxylic acids is 1. The molecule has 3 aromatic rings. The van der Waals surface area contributed by atoms with Crippen LogP contribution < -0.4 is 0 Å². The molecule has 1 aliphatic heterocycles. The van der Waals surface area contributed by atoms with Gasteiger partial charge in [-0.3, -0.25) is 4.79 Å². The number of aromatic nitrogens is 3. The van der Waals surface area contributed by atoms with Crippen molar-refractivity contribution in [1.82, 2.24) is 19.7 Å². The molecule has 5 rings (SSSR count). The second-order valence-corrected chi connectivity index (χ2v) is 11.0. The first kappa shape index (κ1) is 32.8. The normalized spacial score (nSPS) is 17.8. The van der Waals surface area contributed by atoms with E-state index >= 15 is 0 Å². The SMILES string of the molecule is CCC(=O)N1CCC(c2ccc(COC3=C(C(F)(F)F)C=CCC3c3cccc(-n4ncc(C(=O)O)c4C(F)(F)F)n3)cc2)CC1. The number of rotatable bonds is 8. The lowest BCUT2D eigenvalue weighted by Gasteiger charge is -2.32. The Morgan fingerprint density at radius 3 is 2.30 bits per heavy atom. The second-order valence-electron chi connectivity index (χ2n) is 11.0. The molecule has 2 aromatic heterocycles. The molecule has 1 aliphatic carbocycles. The van der Waals surface area contributed by atoms with Crippen LogP contribution in [-0.4, -0.2) is 55.9 Å². The second kappa shape index (κ2) is 13.0. The van der Waals surface area contributed by atoms with Crippen LogP contribution in [0.4, 0.5) is 26.3 Å². The van der Waals surface area contributed by atoms with Gasteiger partial charge in [0.05, 0.1) is 23.4 Å². The van der Waals surface area contributed by atoms with Crippen LogP contribution in [0.25, 0.3) is 5.82 Å². The molecule has 1 saturated heterocycles. The highest BCUT2D eigenvalue weighted by Gasteiger charge is 2.42. The number of likely N-dealkylation sites (tertiary alicyclic amines) is 1. The number of halogens is 6. The van der Waals surface area contributed by atoms with E-state index in [1.165, 1.54) is 18.2 Å². The van der Waals surface area contributed by atoms with Gasteiger partial charge in [0.2, 0.25) is 5.91 Å². The van der Waals surface area contributed by atoms with E-state index < -0.39 is 52.6 Å². The number of pyridine rings is 1. The van der Waals surface area contributed by atoms with Gasteiger partial charge in [0.1, 0.15) is 17.9 Å². The highest BCUT2D eigenvalue weighted by molar-refractivity contribution is 5.89. The summed E-state index contributed by atoms with van der Waals surface area (Å²) in [7, 11) is 0. The van der Waals surface area contributed by atoms with E-state index in [2.05, 4.69) is 10.1 Å². The third-order valence-corrected chi connectivity index (χ3v) is 8.14. The number of benzene rings is 1. The number of ether oxygens (including phenoxy) is 1. The number of allylic oxidation sites excluding steroid dienone is 4. The van der Waals surface area contributed by atoms with Gasteiger partial charge in [-0.2, -0.15) is 31.4 Å². The molecule has 3 heterocycles. The topological polar surface area (TPSA) is 97.6 Å². The third-order valence-electron chi connectivity index (χ3n) is 8.14. The Balaban J connectivity index is 1.39. The molecule has 1 fully saturated rings. The number of hydrogen-bond acceptors (Lipinski definition) is 5. The molecule has 8 nitrogen and oxygen atoms in total. The summed E-state index contributed by atoms with van der Waals surface area (Å²) in [6.07, 6.45) is -5.05. The number of carboxylic acids is 1. The van der Waals surface area contributed by atoms with E-state index in [9.17, 15) is 41.0 Å². The molecule has 1 atom stereocenters. The largest absolute Gasteiger partial charge is 0.492 e. The number of hydrogen-bond donors (Lipinski definition) is 1. The minimum atomic E-state index is -5.10. The summed E-state index contributed by atoms with van der Waals surface area (Å²) >= 11 is 0. The van der Waals surface area contributed by atoms with Crippen molar-refractivity contribution < 1.29 is 45.8 Å². The number of amides is 1. The molecular formula is C32H30F6N4O4. The zero-order valence-electron chi connectivity index (χ0n) is 24.6. The van der Waals surface area contributed by atoms with Gasteiger partial charge in [-0.05, 0) is 48.4 Å². The van der Waals surface area contributed by atoms with Crippen LogP contribution in [0, 0.1) is 0 Å². The number of carbonyl (C=O) groups excluding carboxylic acids is 1. The Hall–Kier alpha value is -4.62. The van der Waals surface area contributed by atoms with Gasteiger partial charge in [0.25, 0.3) is 0 Å². The Kier molecular flexibility index (Phi) is 9.27. The van der Waals surface area contributed by atoms with Crippen molar-refractivity contribution in [3.63, 3.8) is 0 Å². The van der Waals surface area contributed by atoms with Gasteiger partial charge in [-0.25, -0.2) is 14.5 Å². The van der Waals surface area contributed by atoms with Gasteiger partial charge in [-0.1, -0.05) is 49.4 Å². The fourth-order valence-electron chi connectivity index (χ4n) is 5.80. The van der Waals surface area contributed by atoms with Crippen molar-refractivity contribution in [2.75, 3.05) is 13.1 Å².